The van der Waals surface area contributed by atoms with Gasteiger partial charge in [-0.3, -0.25) is 9.59 Å². The lowest BCUT2D eigenvalue weighted by atomic mass is 9.92. The number of allylic oxidation sites excluding steroid dienone is 3. The third-order valence-corrected chi connectivity index (χ3v) is 8.36. The van der Waals surface area contributed by atoms with Gasteiger partial charge >= 0.3 is 23.9 Å². The van der Waals surface area contributed by atoms with Crippen LogP contribution in [-0.2, 0) is 30.3 Å². The number of rotatable bonds is 23. The van der Waals surface area contributed by atoms with Gasteiger partial charge in [0.15, 0.2) is 0 Å². The molecule has 0 saturated heterocycles. The predicted molar refractivity (Wildman–Crippen MR) is 187 cm³/mol. The van der Waals surface area contributed by atoms with Crippen LogP contribution >= 0.6 is 0 Å². The Hall–Kier alpha value is -4.40. The molecule has 0 saturated carbocycles. The van der Waals surface area contributed by atoms with Gasteiger partial charge in [-0.2, -0.15) is 0 Å². The number of aliphatic carboxylic acids is 1. The molecular weight excluding hydrogens is 624 g/mol. The van der Waals surface area contributed by atoms with Crippen LogP contribution in [0.4, 0.5) is 0 Å². The molecule has 0 fully saturated rings. The van der Waals surface area contributed by atoms with Gasteiger partial charge in [-0.05, 0) is 98.6 Å². The molecule has 0 radical (unpaired) electrons. The molecule has 0 amide bonds. The second-order valence-electron chi connectivity index (χ2n) is 12.6. The summed E-state index contributed by atoms with van der Waals surface area (Å²) in [5.41, 5.74) is 2.26. The van der Waals surface area contributed by atoms with Crippen LogP contribution in [0.3, 0.4) is 0 Å². The summed E-state index contributed by atoms with van der Waals surface area (Å²) in [6.45, 7) is 5.02. The Kier molecular flexibility index (Phi) is 17.7. The van der Waals surface area contributed by atoms with Crippen molar-refractivity contribution in [2.24, 2.45) is 5.92 Å². The maximum atomic E-state index is 12.9. The highest BCUT2D eigenvalue weighted by molar-refractivity contribution is 5.92. The smallest absolute Gasteiger partial charge is 0.343 e. The summed E-state index contributed by atoms with van der Waals surface area (Å²) >= 11 is 0. The molecule has 9 heteroatoms. The van der Waals surface area contributed by atoms with Crippen LogP contribution in [0.1, 0.15) is 120 Å². The molecule has 266 valence electrons. The highest BCUT2D eigenvalue weighted by Gasteiger charge is 2.23. The second-order valence-corrected chi connectivity index (χ2v) is 12.6. The van der Waals surface area contributed by atoms with E-state index in [1.807, 2.05) is 19.1 Å². The number of hydrogen-bond donors (Lipinski definition) is 1. The summed E-state index contributed by atoms with van der Waals surface area (Å²) in [6, 6.07) is 14.0. The molecule has 0 aliphatic heterocycles. The van der Waals surface area contributed by atoms with Gasteiger partial charge in [0, 0.05) is 12.0 Å². The van der Waals surface area contributed by atoms with Crippen molar-refractivity contribution in [2.75, 3.05) is 13.2 Å². The lowest BCUT2D eigenvalue weighted by molar-refractivity contribution is -0.147. The Labute approximate surface area is 290 Å². The summed E-state index contributed by atoms with van der Waals surface area (Å²) < 4.78 is 22.0. The monoisotopic (exact) mass is 676 g/mol. The van der Waals surface area contributed by atoms with E-state index >= 15 is 0 Å². The molecule has 0 unspecified atom stereocenters. The van der Waals surface area contributed by atoms with E-state index in [-0.39, 0.29) is 25.4 Å². The molecule has 1 aliphatic rings. The zero-order chi connectivity index (χ0) is 35.3. The number of carbonyl (C=O) groups is 4. The summed E-state index contributed by atoms with van der Waals surface area (Å²) in [7, 11) is 0. The van der Waals surface area contributed by atoms with Gasteiger partial charge < -0.3 is 24.1 Å². The summed E-state index contributed by atoms with van der Waals surface area (Å²) in [6.07, 6.45) is 17.0. The number of ether oxygens (including phenoxy) is 4. The van der Waals surface area contributed by atoms with Crippen molar-refractivity contribution in [3.63, 3.8) is 0 Å². The van der Waals surface area contributed by atoms with E-state index in [0.717, 1.165) is 37.9 Å². The quantitative estimate of drug-likeness (QED) is 0.0697. The number of hydrogen-bond acceptors (Lipinski definition) is 8. The van der Waals surface area contributed by atoms with E-state index in [1.165, 1.54) is 44.1 Å². The fraction of sp³-hybridized carbons (Fsp3) is 0.500. The predicted octanol–water partition coefficient (Wildman–Crippen LogP) is 8.94. The van der Waals surface area contributed by atoms with Crippen molar-refractivity contribution in [3.8, 4) is 11.5 Å². The zero-order valence-electron chi connectivity index (χ0n) is 29.1. The SMILES string of the molecule is CCCCCCCCCc1ccc(C(=O)Oc2ccc(OC(=O)C3=CC=C(OCCCCCCOC(=O)CCC(=O)O)C[C@@H]3C)cc2)cc1. The van der Waals surface area contributed by atoms with E-state index in [0.29, 0.717) is 42.1 Å². The molecule has 0 bridgehead atoms. The van der Waals surface area contributed by atoms with Gasteiger partial charge in [0.25, 0.3) is 0 Å². The van der Waals surface area contributed by atoms with E-state index in [4.69, 9.17) is 24.1 Å². The lowest BCUT2D eigenvalue weighted by Gasteiger charge is -2.21. The first-order chi connectivity index (χ1) is 23.7. The first kappa shape index (κ1) is 39.0. The normalized spacial score (nSPS) is 14.0. The van der Waals surface area contributed by atoms with Crippen molar-refractivity contribution in [2.45, 2.75) is 110 Å². The lowest BCUT2D eigenvalue weighted by Crippen LogP contribution is -2.19. The van der Waals surface area contributed by atoms with E-state index < -0.39 is 23.9 Å². The van der Waals surface area contributed by atoms with E-state index in [9.17, 15) is 19.2 Å². The van der Waals surface area contributed by atoms with Crippen LogP contribution in [0.25, 0.3) is 0 Å². The molecule has 0 aromatic heterocycles. The van der Waals surface area contributed by atoms with Crippen LogP contribution in [-0.4, -0.2) is 42.2 Å². The molecule has 2 aromatic carbocycles. The van der Waals surface area contributed by atoms with Gasteiger partial charge in [-0.1, -0.05) is 64.5 Å². The first-order valence-corrected chi connectivity index (χ1v) is 17.8. The molecule has 3 rings (SSSR count). The van der Waals surface area contributed by atoms with Crippen LogP contribution < -0.4 is 9.47 Å². The van der Waals surface area contributed by atoms with Crippen LogP contribution in [0.5, 0.6) is 11.5 Å². The fourth-order valence-electron chi connectivity index (χ4n) is 5.43. The average molecular weight is 677 g/mol. The van der Waals surface area contributed by atoms with E-state index in [2.05, 4.69) is 6.92 Å². The Morgan fingerprint density at radius 2 is 1.29 bits per heavy atom. The zero-order valence-corrected chi connectivity index (χ0v) is 29.1. The van der Waals surface area contributed by atoms with Crippen LogP contribution in [0.2, 0.25) is 0 Å². The molecule has 1 aliphatic carbocycles. The minimum Gasteiger partial charge on any atom is -0.498 e. The van der Waals surface area contributed by atoms with Crippen molar-refractivity contribution >= 4 is 23.9 Å². The Morgan fingerprint density at radius 1 is 0.694 bits per heavy atom. The number of carboxylic acid groups (broad SMARTS) is 1. The molecule has 0 spiro atoms. The van der Waals surface area contributed by atoms with Crippen LogP contribution in [0, 0.1) is 5.92 Å². The number of carbonyl (C=O) groups excluding carboxylic acids is 3. The highest BCUT2D eigenvalue weighted by atomic mass is 16.5. The Balaban J connectivity index is 1.33. The maximum Gasteiger partial charge on any atom is 0.343 e. The first-order valence-electron chi connectivity index (χ1n) is 17.8. The van der Waals surface area contributed by atoms with Gasteiger partial charge in [0.2, 0.25) is 0 Å². The molecule has 0 heterocycles. The number of esters is 3. The van der Waals surface area contributed by atoms with Gasteiger partial charge in [0.05, 0.1) is 37.4 Å². The summed E-state index contributed by atoms with van der Waals surface area (Å²) in [5.74, 6) is -0.921. The minimum atomic E-state index is -1.01. The second kappa shape index (κ2) is 22.3. The topological polar surface area (TPSA) is 125 Å². The standard InChI is InChI=1S/C40H52O9/c1-3-4-5-6-7-8-11-14-31-15-17-32(18-16-31)39(44)48-33-19-21-34(22-20-33)49-40(45)36-24-23-35(29-30(36)2)46-27-12-9-10-13-28-47-38(43)26-25-37(41)42/h15-24,30H,3-14,25-29H2,1-2H3,(H,41,42)/t30-/m0/s1. The molecule has 2 aromatic rings. The van der Waals surface area contributed by atoms with Crippen molar-refractivity contribution < 1.29 is 43.2 Å². The summed E-state index contributed by atoms with van der Waals surface area (Å²) in [4.78, 5) is 47.5. The Morgan fingerprint density at radius 3 is 1.92 bits per heavy atom. The molecule has 1 atom stereocenters. The van der Waals surface area contributed by atoms with Crippen molar-refractivity contribution in [1.29, 1.82) is 0 Å². The van der Waals surface area contributed by atoms with Gasteiger partial charge in [-0.25, -0.2) is 9.59 Å². The summed E-state index contributed by atoms with van der Waals surface area (Å²) in [5, 5.41) is 8.59. The van der Waals surface area contributed by atoms with Crippen molar-refractivity contribution in [1.82, 2.24) is 0 Å². The van der Waals surface area contributed by atoms with Crippen LogP contribution in [0.15, 0.2) is 72.0 Å². The number of carboxylic acids is 1. The molecular formula is C40H52O9. The molecule has 9 nitrogen and oxygen atoms in total. The third-order valence-electron chi connectivity index (χ3n) is 8.36. The largest absolute Gasteiger partial charge is 0.498 e. The average Bonchev–Trinajstić information content (AvgIpc) is 3.09. The number of aryl methyl sites for hydroxylation is 1. The maximum absolute atomic E-state index is 12.9. The van der Waals surface area contributed by atoms with Gasteiger partial charge in [0.1, 0.15) is 11.5 Å². The molecule has 1 N–H and O–H groups in total. The Bertz CT molecular complexity index is 1390. The van der Waals surface area contributed by atoms with Crippen molar-refractivity contribution in [3.05, 3.63) is 83.1 Å². The van der Waals surface area contributed by atoms with Gasteiger partial charge in [-0.15, -0.1) is 0 Å². The third kappa shape index (κ3) is 15.6. The fourth-order valence-corrected chi connectivity index (χ4v) is 5.43. The molecule has 49 heavy (non-hydrogen) atoms. The highest BCUT2D eigenvalue weighted by Crippen LogP contribution is 2.28. The number of unbranched alkanes of at least 4 members (excludes halogenated alkanes) is 9. The van der Waals surface area contributed by atoms with E-state index in [1.54, 1.807) is 48.6 Å². The number of benzene rings is 2. The minimum absolute atomic E-state index is 0.0783.